The molecule has 0 amide bonds. The molecule has 0 aromatic rings. The van der Waals surface area contributed by atoms with Gasteiger partial charge in [0.1, 0.15) is 0 Å². The molecule has 35 heavy (non-hydrogen) atoms. The molecule has 0 aliphatic rings. The van der Waals surface area contributed by atoms with Crippen LogP contribution in [0.25, 0.3) is 0 Å². The van der Waals surface area contributed by atoms with Gasteiger partial charge < -0.3 is 0 Å². The molecule has 0 saturated carbocycles. The summed E-state index contributed by atoms with van der Waals surface area (Å²) in [7, 11) is 0. The summed E-state index contributed by atoms with van der Waals surface area (Å²) in [6.45, 7) is 28.1. The maximum atomic E-state index is 11.4. The smallest absolute Gasteiger partial charge is 0.171 e. The van der Waals surface area contributed by atoms with Gasteiger partial charge in [-0.15, -0.1) is 0 Å². The summed E-state index contributed by atoms with van der Waals surface area (Å²) in [6, 6.07) is 0. The maximum Gasteiger partial charge on any atom is 0.391 e. The second-order valence-corrected chi connectivity index (χ2v) is 9.49. The summed E-state index contributed by atoms with van der Waals surface area (Å²) in [5.41, 5.74) is 0. The first-order chi connectivity index (χ1) is 16.8. The largest absolute Gasteiger partial charge is 0.391 e. The summed E-state index contributed by atoms with van der Waals surface area (Å²) in [5.74, 6) is -2.93. The van der Waals surface area contributed by atoms with E-state index in [-0.39, 0.29) is 5.89 Å². The molecule has 0 aromatic heterocycles. The van der Waals surface area contributed by atoms with Crippen LogP contribution in [-0.4, -0.2) is 12.4 Å². The molecule has 0 saturated heterocycles. The summed E-state index contributed by atoms with van der Waals surface area (Å²) in [5, 5.41) is 0. The van der Waals surface area contributed by atoms with Gasteiger partial charge in [0.15, 0.2) is 0 Å². The minimum atomic E-state index is -4.40. The van der Waals surface area contributed by atoms with Crippen molar-refractivity contribution in [2.24, 2.45) is 23.6 Å². The summed E-state index contributed by atoms with van der Waals surface area (Å²) >= 11 is 0. The van der Waals surface area contributed by atoms with Crippen LogP contribution < -0.4 is 0 Å². The third-order valence-corrected chi connectivity index (χ3v) is 2.78. The summed E-state index contributed by atoms with van der Waals surface area (Å²) in [4.78, 5) is 0. The van der Waals surface area contributed by atoms with E-state index in [1.807, 2.05) is 27.7 Å². The molecule has 0 heterocycles. The molecule has 0 bridgehead atoms. The van der Waals surface area contributed by atoms with Crippen molar-refractivity contribution >= 4 is 0 Å². The van der Waals surface area contributed by atoms with E-state index >= 15 is 0 Å². The summed E-state index contributed by atoms with van der Waals surface area (Å²) < 4.78 is 94.8. The minimum absolute atomic E-state index is 0.250. The van der Waals surface area contributed by atoms with Crippen LogP contribution >= 0.6 is 0 Å². The predicted octanol–water partition coefficient (Wildman–Crippen LogP) is 13.5. The molecular formula is C29H66F6. The van der Waals surface area contributed by atoms with Gasteiger partial charge in [0, 0.05) is 17.3 Å². The molecule has 0 aromatic carbocycles. The van der Waals surface area contributed by atoms with Gasteiger partial charge in [0.05, 0.1) is 0 Å². The lowest BCUT2D eigenvalue weighted by Crippen LogP contribution is -2.15. The quantitative estimate of drug-likeness (QED) is 0.316. The molecule has 0 rings (SSSR count). The predicted molar refractivity (Wildman–Crippen MR) is 149 cm³/mol. The van der Waals surface area contributed by atoms with E-state index < -0.39 is 30.5 Å². The van der Waals surface area contributed by atoms with E-state index in [1.54, 1.807) is 6.92 Å². The lowest BCUT2D eigenvalue weighted by molar-refractivity contribution is -0.165. The highest BCUT2D eigenvalue weighted by molar-refractivity contribution is 4.53. The third kappa shape index (κ3) is 138. The maximum absolute atomic E-state index is 11.4. The van der Waals surface area contributed by atoms with Gasteiger partial charge >= 0.3 is 12.4 Å². The first-order valence-corrected chi connectivity index (χ1v) is 12.9. The number of hydrogen-bond acceptors (Lipinski definition) is 0. The molecule has 0 atom stereocenters. The molecule has 0 spiro atoms. The Bertz CT molecular complexity index is 418. The lowest BCUT2D eigenvalue weighted by atomic mass is 10.2. The van der Waals surface area contributed by atoms with Crippen molar-refractivity contribution in [3.05, 3.63) is 0 Å². The van der Waals surface area contributed by atoms with Gasteiger partial charge in [-0.2, -0.15) is 26.3 Å². The van der Waals surface area contributed by atoms with Gasteiger partial charge in [-0.25, -0.2) is 0 Å². The number of rotatable bonds is 4. The third-order valence-electron chi connectivity index (χ3n) is 2.78. The fraction of sp³-hybridized carbons (Fsp3) is 1.00. The fourth-order valence-electron chi connectivity index (χ4n) is 0.354. The van der Waals surface area contributed by atoms with Crippen LogP contribution in [0.3, 0.4) is 0 Å². The zero-order valence-corrected chi connectivity index (χ0v) is 26.2. The molecule has 0 fully saturated rings. The van der Waals surface area contributed by atoms with Crippen LogP contribution in [0.5, 0.6) is 0 Å². The van der Waals surface area contributed by atoms with Crippen LogP contribution in [0, 0.1) is 23.6 Å². The van der Waals surface area contributed by atoms with Crippen molar-refractivity contribution < 1.29 is 31.8 Å². The zero-order chi connectivity index (χ0) is 33.9. The molecule has 6 heteroatoms. The van der Waals surface area contributed by atoms with Crippen LogP contribution in [0.4, 0.5) is 26.3 Å². The first-order valence-electron chi connectivity index (χ1n) is 14.9. The fourth-order valence-corrected chi connectivity index (χ4v) is 0.354. The monoisotopic (exact) mass is 533 g/mol. The van der Waals surface area contributed by atoms with Gasteiger partial charge in [-0.05, 0) is 11.8 Å². The van der Waals surface area contributed by atoms with Crippen LogP contribution in [0.2, 0.25) is 0 Å². The first kappa shape index (κ1) is 39.1. The van der Waals surface area contributed by atoms with Crippen molar-refractivity contribution in [2.75, 3.05) is 0 Å². The second-order valence-electron chi connectivity index (χ2n) is 9.49. The Kier molecular flexibility index (Phi) is 42.6. The van der Waals surface area contributed by atoms with Gasteiger partial charge in [-0.3, -0.25) is 0 Å². The molecule has 0 N–H and O–H groups in total. The molecule has 0 aliphatic heterocycles. The Morgan fingerprint density at radius 2 is 0.714 bits per heavy atom. The highest BCUT2D eigenvalue weighted by atomic mass is 19.4. The van der Waals surface area contributed by atoms with Crippen LogP contribution in [0.1, 0.15) is 161 Å². The van der Waals surface area contributed by atoms with E-state index in [9.17, 15) is 26.3 Å². The Morgan fingerprint density at radius 1 is 0.543 bits per heavy atom. The molecule has 0 radical (unpaired) electrons. The Morgan fingerprint density at radius 3 is 0.714 bits per heavy atom. The Balaban J connectivity index is -0.0000000622. The number of halogens is 6. The van der Waals surface area contributed by atoms with Crippen molar-refractivity contribution in [2.45, 2.75) is 168 Å². The van der Waals surface area contributed by atoms with Gasteiger partial charge in [0.2, 0.25) is 0 Å². The van der Waals surface area contributed by atoms with E-state index in [0.29, 0.717) is 6.42 Å². The summed E-state index contributed by atoms with van der Waals surface area (Å²) in [6.07, 6.45) is -2.03. The molecule has 0 aliphatic carbocycles. The Hall–Kier alpha value is -0.420. The molecule has 0 nitrogen and oxygen atoms in total. The van der Waals surface area contributed by atoms with Crippen molar-refractivity contribution in [3.8, 4) is 0 Å². The van der Waals surface area contributed by atoms with Gasteiger partial charge in [-0.1, -0.05) is 156 Å². The minimum Gasteiger partial charge on any atom is -0.171 e. The normalized spacial score (nSPS) is 12.8. The van der Waals surface area contributed by atoms with Crippen LogP contribution in [0.15, 0.2) is 0 Å². The van der Waals surface area contributed by atoms with Gasteiger partial charge in [0.25, 0.3) is 0 Å². The number of hydrogen-bond donors (Lipinski definition) is 0. The Labute approximate surface area is 224 Å². The van der Waals surface area contributed by atoms with Crippen LogP contribution in [-0.2, 0) is 0 Å². The number of unbranched alkanes of at least 4 members (excludes halogenated alkanes) is 3. The second kappa shape index (κ2) is 38.1. The average Bonchev–Trinajstić information content (AvgIpc) is 2.65. The highest BCUT2D eigenvalue weighted by Gasteiger charge is 2.32. The zero-order valence-electron chi connectivity index (χ0n) is 30.2. The van der Waals surface area contributed by atoms with Crippen molar-refractivity contribution in [3.63, 3.8) is 0 Å². The van der Waals surface area contributed by atoms with E-state index in [4.69, 9.17) is 5.48 Å². The number of alkyl halides is 6. The average molecular weight is 533 g/mol. The molecule has 224 valence electrons. The van der Waals surface area contributed by atoms with E-state index in [2.05, 4.69) is 48.5 Å². The lowest BCUT2D eigenvalue weighted by Gasteiger charge is -2.07. The van der Waals surface area contributed by atoms with Crippen molar-refractivity contribution in [1.29, 1.82) is 0 Å². The topological polar surface area (TPSA) is 0 Å². The van der Waals surface area contributed by atoms with Crippen molar-refractivity contribution in [1.82, 2.24) is 0 Å². The molecular weight excluding hydrogens is 462 g/mol. The van der Waals surface area contributed by atoms with E-state index in [1.165, 1.54) is 32.1 Å². The SMILES string of the molecule is CC(C)C.CC(C)C(F)(F)F.CCCC.CCCCC.[2H]C(C)(C)C.[2H]C(C)(C)C(F)(F)F.[2H]C([2H])(C)CC. The highest BCUT2D eigenvalue weighted by Crippen LogP contribution is 2.24. The molecule has 0 unspecified atom stereocenters. The standard InChI is InChI=1S/C5H12.2C4H7F3.4C4H10/c1-3-5-4-2;2*1-3(2)4(5,6)7;2*1-4(2)3;2*1-3-4-2/h3-5H2,1-2H3;2*3H,1-2H3;2*4H,1-3H3;2*3-4H2,1-2H3/i;3D;;4D;;3D2;. The van der Waals surface area contributed by atoms with E-state index in [0.717, 1.165) is 33.6 Å².